The number of hydrogen-bond donors (Lipinski definition) is 0. The number of nitrogens with zero attached hydrogens (tertiary/aromatic N) is 4. The zero-order chi connectivity index (χ0) is 21.8. The predicted octanol–water partition coefficient (Wildman–Crippen LogP) is 2.13. The highest BCUT2D eigenvalue weighted by molar-refractivity contribution is 7.89. The van der Waals surface area contributed by atoms with E-state index < -0.39 is 10.0 Å². The molecule has 1 amide bonds. The number of piperazine rings is 1. The lowest BCUT2D eigenvalue weighted by Crippen LogP contribution is -2.50. The molecule has 4 heterocycles. The Bertz CT molecular complexity index is 1310. The fourth-order valence-corrected chi connectivity index (χ4v) is 7.74. The number of aromatic nitrogens is 2. The summed E-state index contributed by atoms with van der Waals surface area (Å²) in [4.78, 5) is 34.6. The van der Waals surface area contributed by atoms with Gasteiger partial charge < -0.3 is 9.47 Å². The molecule has 30 heavy (non-hydrogen) atoms. The Morgan fingerprint density at radius 1 is 1.10 bits per heavy atom. The number of carbonyl (C=O) groups is 1. The Hall–Kier alpha value is -2.08. The molecule has 0 atom stereocenters. The molecule has 0 radical (unpaired) electrons. The SMILES string of the molecule is Cc1cc(S(=O)(=O)N2CCN(C(=O)c3sc4ncn(C)c(=O)c4c3C)CC2)c(C)s1. The van der Waals surface area contributed by atoms with Gasteiger partial charge in [-0.05, 0) is 32.4 Å². The molecule has 0 N–H and O–H groups in total. The van der Waals surface area contributed by atoms with Crippen LogP contribution in [0.5, 0.6) is 0 Å². The van der Waals surface area contributed by atoms with E-state index in [-0.39, 0.29) is 24.6 Å². The molecule has 1 saturated heterocycles. The molecule has 0 spiro atoms. The summed E-state index contributed by atoms with van der Waals surface area (Å²) >= 11 is 2.68. The Labute approximate surface area is 182 Å². The molecule has 11 heteroatoms. The van der Waals surface area contributed by atoms with Crippen molar-refractivity contribution in [1.29, 1.82) is 0 Å². The molecular weight excluding hydrogens is 444 g/mol. The zero-order valence-electron chi connectivity index (χ0n) is 17.1. The molecule has 0 aromatic carbocycles. The number of fused-ring (bicyclic) bond motifs is 1. The van der Waals surface area contributed by atoms with Gasteiger partial charge in [-0.25, -0.2) is 13.4 Å². The first-order chi connectivity index (χ1) is 14.1. The van der Waals surface area contributed by atoms with Crippen LogP contribution in [0.4, 0.5) is 0 Å². The minimum absolute atomic E-state index is 0.176. The molecule has 8 nitrogen and oxygen atoms in total. The fourth-order valence-electron chi connectivity index (χ4n) is 3.69. The van der Waals surface area contributed by atoms with Crippen molar-refractivity contribution in [2.24, 2.45) is 7.05 Å². The van der Waals surface area contributed by atoms with Crippen molar-refractivity contribution in [2.75, 3.05) is 26.2 Å². The third-order valence-electron chi connectivity index (χ3n) is 5.34. The molecule has 3 aromatic heterocycles. The highest BCUT2D eigenvalue weighted by Gasteiger charge is 2.33. The van der Waals surface area contributed by atoms with E-state index in [4.69, 9.17) is 0 Å². The van der Waals surface area contributed by atoms with Crippen LogP contribution in [0.15, 0.2) is 22.1 Å². The summed E-state index contributed by atoms with van der Waals surface area (Å²) in [6, 6.07) is 1.71. The van der Waals surface area contributed by atoms with Crippen LogP contribution in [0.3, 0.4) is 0 Å². The van der Waals surface area contributed by atoms with E-state index >= 15 is 0 Å². The monoisotopic (exact) mass is 466 g/mol. The van der Waals surface area contributed by atoms with E-state index in [0.29, 0.717) is 38.6 Å². The van der Waals surface area contributed by atoms with Crippen molar-refractivity contribution in [1.82, 2.24) is 18.8 Å². The number of amides is 1. The number of thiophene rings is 2. The number of hydrogen-bond acceptors (Lipinski definition) is 7. The highest BCUT2D eigenvalue weighted by atomic mass is 32.2. The van der Waals surface area contributed by atoms with E-state index in [1.165, 1.54) is 37.9 Å². The van der Waals surface area contributed by atoms with Gasteiger partial charge in [0.15, 0.2) is 0 Å². The average Bonchev–Trinajstić information content (AvgIpc) is 3.23. The summed E-state index contributed by atoms with van der Waals surface area (Å²) < 4.78 is 28.8. The van der Waals surface area contributed by atoms with Crippen molar-refractivity contribution in [3.05, 3.63) is 42.9 Å². The van der Waals surface area contributed by atoms with Crippen LogP contribution < -0.4 is 5.56 Å². The van der Waals surface area contributed by atoms with E-state index in [9.17, 15) is 18.0 Å². The second-order valence-electron chi connectivity index (χ2n) is 7.37. The standard InChI is InChI=1S/C19H22N4O4S3/c1-11-9-14(13(3)28-11)30(26,27)23-7-5-22(6-8-23)19(25)16-12(2)15-17(29-16)20-10-21(4)18(15)24/h9-10H,5-8H2,1-4H3. The van der Waals surface area contributed by atoms with E-state index in [1.807, 2.05) is 13.8 Å². The van der Waals surface area contributed by atoms with Gasteiger partial charge in [-0.2, -0.15) is 4.31 Å². The van der Waals surface area contributed by atoms with Crippen LogP contribution in [-0.2, 0) is 17.1 Å². The number of carbonyl (C=O) groups excluding carboxylic acids is 1. The molecule has 1 aliphatic heterocycles. The van der Waals surface area contributed by atoms with Gasteiger partial charge in [0.25, 0.3) is 11.5 Å². The first-order valence-corrected chi connectivity index (χ1v) is 12.5. The average molecular weight is 467 g/mol. The Kier molecular flexibility index (Phi) is 5.33. The maximum atomic E-state index is 13.1. The smallest absolute Gasteiger partial charge is 0.264 e. The molecule has 1 fully saturated rings. The zero-order valence-corrected chi connectivity index (χ0v) is 19.6. The van der Waals surface area contributed by atoms with Crippen molar-refractivity contribution >= 4 is 48.8 Å². The van der Waals surface area contributed by atoms with Gasteiger partial charge in [-0.15, -0.1) is 22.7 Å². The van der Waals surface area contributed by atoms with E-state index in [2.05, 4.69) is 4.98 Å². The second kappa shape index (κ2) is 7.56. The third kappa shape index (κ3) is 3.39. The summed E-state index contributed by atoms with van der Waals surface area (Å²) in [5.74, 6) is -0.183. The number of rotatable bonds is 3. The lowest BCUT2D eigenvalue weighted by Gasteiger charge is -2.33. The summed E-state index contributed by atoms with van der Waals surface area (Å²) in [6.45, 7) is 6.56. The third-order valence-corrected chi connectivity index (χ3v) is 9.65. The molecule has 0 bridgehead atoms. The molecule has 4 rings (SSSR count). The van der Waals surface area contributed by atoms with Gasteiger partial charge in [0.2, 0.25) is 10.0 Å². The van der Waals surface area contributed by atoms with Gasteiger partial charge in [0, 0.05) is 43.0 Å². The lowest BCUT2D eigenvalue weighted by molar-refractivity contribution is 0.0702. The van der Waals surface area contributed by atoms with Crippen molar-refractivity contribution in [3.8, 4) is 0 Å². The van der Waals surface area contributed by atoms with E-state index in [1.54, 1.807) is 24.9 Å². The van der Waals surface area contributed by atoms with Crippen molar-refractivity contribution in [2.45, 2.75) is 25.7 Å². The van der Waals surface area contributed by atoms with Crippen LogP contribution in [0.2, 0.25) is 0 Å². The van der Waals surface area contributed by atoms with E-state index in [0.717, 1.165) is 9.75 Å². The maximum absolute atomic E-state index is 13.1. The Morgan fingerprint density at radius 2 is 1.77 bits per heavy atom. The van der Waals surface area contributed by atoms with Gasteiger partial charge in [0.05, 0.1) is 21.5 Å². The Morgan fingerprint density at radius 3 is 2.37 bits per heavy atom. The van der Waals surface area contributed by atoms with Crippen molar-refractivity contribution in [3.63, 3.8) is 0 Å². The molecule has 0 saturated carbocycles. The summed E-state index contributed by atoms with van der Waals surface area (Å²) in [5, 5.41) is 0.470. The topological polar surface area (TPSA) is 92.6 Å². The Balaban J connectivity index is 1.55. The largest absolute Gasteiger partial charge is 0.335 e. The quantitative estimate of drug-likeness (QED) is 0.590. The molecular formula is C19H22N4O4S3. The summed E-state index contributed by atoms with van der Waals surface area (Å²) in [6.07, 6.45) is 1.45. The predicted molar refractivity (Wildman–Crippen MR) is 118 cm³/mol. The normalized spacial score (nSPS) is 15.8. The van der Waals surface area contributed by atoms with Gasteiger partial charge in [-0.1, -0.05) is 0 Å². The first kappa shape index (κ1) is 21.2. The first-order valence-electron chi connectivity index (χ1n) is 9.42. The van der Waals surface area contributed by atoms with Crippen LogP contribution in [0.1, 0.15) is 25.0 Å². The van der Waals surface area contributed by atoms with Crippen LogP contribution in [-0.4, -0.2) is 59.3 Å². The minimum Gasteiger partial charge on any atom is -0.335 e. The van der Waals surface area contributed by atoms with Gasteiger partial charge in [-0.3, -0.25) is 9.59 Å². The minimum atomic E-state index is -3.57. The summed E-state index contributed by atoms with van der Waals surface area (Å²) in [7, 11) is -1.94. The molecule has 160 valence electrons. The number of sulfonamides is 1. The van der Waals surface area contributed by atoms with Crippen LogP contribution in [0, 0.1) is 20.8 Å². The van der Waals surface area contributed by atoms with Crippen molar-refractivity contribution < 1.29 is 13.2 Å². The fraction of sp³-hybridized carbons (Fsp3) is 0.421. The lowest BCUT2D eigenvalue weighted by atomic mass is 10.2. The molecule has 3 aromatic rings. The molecule has 0 aliphatic carbocycles. The highest BCUT2D eigenvalue weighted by Crippen LogP contribution is 2.30. The van der Waals surface area contributed by atoms with Crippen LogP contribution >= 0.6 is 22.7 Å². The second-order valence-corrected chi connectivity index (χ2v) is 11.7. The van der Waals surface area contributed by atoms with Crippen LogP contribution in [0.25, 0.3) is 10.2 Å². The molecule has 0 unspecified atom stereocenters. The van der Waals surface area contributed by atoms with Gasteiger partial charge in [0.1, 0.15) is 4.83 Å². The van der Waals surface area contributed by atoms with Gasteiger partial charge >= 0.3 is 0 Å². The maximum Gasteiger partial charge on any atom is 0.264 e. The number of aryl methyl sites for hydroxylation is 4. The summed E-state index contributed by atoms with van der Waals surface area (Å²) in [5.41, 5.74) is 0.457. The molecule has 1 aliphatic rings.